The Labute approximate surface area is 122 Å². The van der Waals surface area contributed by atoms with Crippen molar-refractivity contribution in [2.45, 2.75) is 13.8 Å². The first-order chi connectivity index (χ1) is 9.31. The second-order valence-electron chi connectivity index (χ2n) is 4.17. The van der Waals surface area contributed by atoms with Crippen molar-refractivity contribution in [3.8, 4) is 11.3 Å². The molecule has 102 valence electrons. The highest BCUT2D eigenvalue weighted by Gasteiger charge is 2.05. The van der Waals surface area contributed by atoms with Gasteiger partial charge in [0, 0.05) is 29.8 Å². The topological polar surface area (TPSA) is 25.8 Å². The van der Waals surface area contributed by atoms with Gasteiger partial charge in [0.25, 0.3) is 0 Å². The number of hydrogen-bond acceptors (Lipinski definition) is 3. The average Bonchev–Trinajstić information content (AvgIpc) is 2.91. The molecule has 2 nitrogen and oxygen atoms in total. The smallest absolute Gasteiger partial charge is 0.123 e. The van der Waals surface area contributed by atoms with E-state index in [4.69, 9.17) is 0 Å². The molecule has 2 aromatic heterocycles. The molecule has 1 aromatic carbocycles. The summed E-state index contributed by atoms with van der Waals surface area (Å²) in [5.41, 5.74) is 3.02. The van der Waals surface area contributed by atoms with Gasteiger partial charge in [0.15, 0.2) is 0 Å². The molecule has 0 atom stereocenters. The van der Waals surface area contributed by atoms with Crippen molar-refractivity contribution < 1.29 is 4.39 Å². The number of thiazole rings is 1. The molecule has 0 fully saturated rings. The second-order valence-corrected chi connectivity index (χ2v) is 5.11. The summed E-state index contributed by atoms with van der Waals surface area (Å²) in [5, 5.41) is 3.04. The Kier molecular flexibility index (Phi) is 4.58. The van der Waals surface area contributed by atoms with E-state index in [0.717, 1.165) is 28.2 Å². The van der Waals surface area contributed by atoms with Crippen molar-refractivity contribution in [1.29, 1.82) is 0 Å². The maximum Gasteiger partial charge on any atom is 0.123 e. The number of aromatic nitrogens is 2. The van der Waals surface area contributed by atoms with Crippen LogP contribution in [0.4, 0.5) is 4.39 Å². The fourth-order valence-electron chi connectivity index (χ4n) is 1.82. The molecule has 0 aliphatic heterocycles. The van der Waals surface area contributed by atoms with E-state index in [1.807, 2.05) is 17.5 Å². The number of benzene rings is 1. The minimum absolute atomic E-state index is 0. The quantitative estimate of drug-likeness (QED) is 0.704. The Morgan fingerprint density at radius 2 is 1.90 bits per heavy atom. The van der Waals surface area contributed by atoms with Gasteiger partial charge in [-0.05, 0) is 29.8 Å². The van der Waals surface area contributed by atoms with E-state index >= 15 is 0 Å². The predicted molar refractivity (Wildman–Crippen MR) is 81.3 cm³/mol. The molecule has 4 heteroatoms. The molecule has 0 N–H and O–H groups in total. The van der Waals surface area contributed by atoms with Gasteiger partial charge in [0.2, 0.25) is 0 Å². The van der Waals surface area contributed by atoms with Gasteiger partial charge in [-0.3, -0.25) is 4.98 Å². The van der Waals surface area contributed by atoms with Crippen LogP contribution in [0.25, 0.3) is 11.3 Å². The molecular weight excluding hydrogens is 271 g/mol. The van der Waals surface area contributed by atoms with Gasteiger partial charge < -0.3 is 0 Å². The molecule has 0 saturated heterocycles. The molecule has 0 spiro atoms. The Hall–Kier alpha value is -2.07. The molecular formula is C16H15FN2S. The van der Waals surface area contributed by atoms with E-state index < -0.39 is 0 Å². The highest BCUT2D eigenvalue weighted by molar-refractivity contribution is 7.10. The predicted octanol–water partition coefficient (Wildman–Crippen LogP) is 4.57. The molecule has 0 bridgehead atoms. The molecule has 0 aliphatic rings. The minimum atomic E-state index is -0.209. The van der Waals surface area contributed by atoms with Crippen molar-refractivity contribution in [2.24, 2.45) is 0 Å². The molecule has 0 unspecified atom stereocenters. The van der Waals surface area contributed by atoms with Crippen molar-refractivity contribution in [1.82, 2.24) is 9.97 Å². The maximum absolute atomic E-state index is 12.8. The molecule has 3 aromatic rings. The van der Waals surface area contributed by atoms with Crippen molar-refractivity contribution in [3.05, 3.63) is 70.6 Å². The zero-order valence-corrected chi connectivity index (χ0v) is 10.9. The number of rotatable bonds is 3. The van der Waals surface area contributed by atoms with E-state index in [0.29, 0.717) is 0 Å². The molecule has 0 radical (unpaired) electrons. The Morgan fingerprint density at radius 1 is 1.10 bits per heavy atom. The van der Waals surface area contributed by atoms with Crippen molar-refractivity contribution >= 4 is 11.3 Å². The summed E-state index contributed by atoms with van der Waals surface area (Å²) in [6.45, 7) is 0. The first kappa shape index (κ1) is 14.3. The molecule has 20 heavy (non-hydrogen) atoms. The third-order valence-electron chi connectivity index (χ3n) is 2.78. The summed E-state index contributed by atoms with van der Waals surface area (Å²) in [6, 6.07) is 10.4. The third kappa shape index (κ3) is 3.27. The highest BCUT2D eigenvalue weighted by Crippen LogP contribution is 2.22. The molecule has 3 rings (SSSR count). The number of nitrogens with zero attached hydrogens (tertiary/aromatic N) is 2. The fraction of sp³-hybridized carbons (Fsp3) is 0.125. The van der Waals surface area contributed by atoms with Gasteiger partial charge in [0.05, 0.1) is 10.7 Å². The lowest BCUT2D eigenvalue weighted by Gasteiger charge is -1.97. The molecule has 0 aliphatic carbocycles. The van der Waals surface area contributed by atoms with Gasteiger partial charge >= 0.3 is 0 Å². The van der Waals surface area contributed by atoms with Crippen LogP contribution in [0.1, 0.15) is 18.0 Å². The van der Waals surface area contributed by atoms with Gasteiger partial charge in [-0.2, -0.15) is 0 Å². The van der Waals surface area contributed by atoms with Crippen LogP contribution in [0, 0.1) is 5.82 Å². The van der Waals surface area contributed by atoms with Crippen LogP contribution in [0.3, 0.4) is 0 Å². The number of pyridine rings is 1. The minimum Gasteiger partial charge on any atom is -0.264 e. The summed E-state index contributed by atoms with van der Waals surface area (Å²) in [6.07, 6.45) is 4.28. The Balaban J connectivity index is 0.00000147. The second kappa shape index (κ2) is 6.39. The average molecular weight is 286 g/mol. The van der Waals surface area contributed by atoms with Crippen LogP contribution < -0.4 is 0 Å². The normalized spacial score (nSPS) is 10.1. The van der Waals surface area contributed by atoms with E-state index in [1.165, 1.54) is 12.1 Å². The Bertz CT molecular complexity index is 662. The van der Waals surface area contributed by atoms with Crippen molar-refractivity contribution in [3.63, 3.8) is 0 Å². The van der Waals surface area contributed by atoms with E-state index in [9.17, 15) is 4.39 Å². The summed E-state index contributed by atoms with van der Waals surface area (Å²) < 4.78 is 12.8. The van der Waals surface area contributed by atoms with Crippen LogP contribution in [0.5, 0.6) is 0 Å². The fourth-order valence-corrected chi connectivity index (χ4v) is 2.65. The zero-order chi connectivity index (χ0) is 13.1. The van der Waals surface area contributed by atoms with Crippen LogP contribution in [-0.4, -0.2) is 9.97 Å². The lowest BCUT2D eigenvalue weighted by Crippen LogP contribution is -1.88. The van der Waals surface area contributed by atoms with E-state index in [2.05, 4.69) is 9.97 Å². The van der Waals surface area contributed by atoms with Gasteiger partial charge in [0.1, 0.15) is 5.82 Å². The lowest BCUT2D eigenvalue weighted by atomic mass is 10.1. The van der Waals surface area contributed by atoms with Crippen LogP contribution in [0.2, 0.25) is 0 Å². The molecule has 2 heterocycles. The maximum atomic E-state index is 12.8. The first-order valence-corrected chi connectivity index (χ1v) is 6.78. The lowest BCUT2D eigenvalue weighted by molar-refractivity contribution is 0.627. The highest BCUT2D eigenvalue weighted by atomic mass is 32.1. The van der Waals surface area contributed by atoms with Crippen LogP contribution in [-0.2, 0) is 6.42 Å². The SMILES string of the molecule is C.Fc1ccc(Cc2nc(-c3cccnc3)cs2)cc1. The molecule has 0 amide bonds. The van der Waals surface area contributed by atoms with E-state index in [-0.39, 0.29) is 13.2 Å². The summed E-state index contributed by atoms with van der Waals surface area (Å²) in [5.74, 6) is -0.209. The summed E-state index contributed by atoms with van der Waals surface area (Å²) in [7, 11) is 0. The number of halogens is 1. The summed E-state index contributed by atoms with van der Waals surface area (Å²) >= 11 is 1.61. The van der Waals surface area contributed by atoms with Gasteiger partial charge in [-0.25, -0.2) is 9.37 Å². The van der Waals surface area contributed by atoms with Crippen molar-refractivity contribution in [2.75, 3.05) is 0 Å². The molecule has 0 saturated carbocycles. The van der Waals surface area contributed by atoms with Gasteiger partial charge in [-0.1, -0.05) is 19.6 Å². The zero-order valence-electron chi connectivity index (χ0n) is 10.1. The van der Waals surface area contributed by atoms with Crippen LogP contribution in [0.15, 0.2) is 54.2 Å². The van der Waals surface area contributed by atoms with Crippen LogP contribution >= 0.6 is 11.3 Å². The monoisotopic (exact) mass is 286 g/mol. The number of hydrogen-bond donors (Lipinski definition) is 0. The largest absolute Gasteiger partial charge is 0.264 e. The Morgan fingerprint density at radius 3 is 2.60 bits per heavy atom. The first-order valence-electron chi connectivity index (χ1n) is 5.90. The third-order valence-corrected chi connectivity index (χ3v) is 3.63. The summed E-state index contributed by atoms with van der Waals surface area (Å²) in [4.78, 5) is 8.67. The van der Waals surface area contributed by atoms with E-state index in [1.54, 1.807) is 35.9 Å². The standard InChI is InChI=1S/C15H11FN2S.CH4/c16-13-5-3-11(4-6-13)8-15-18-14(10-19-15)12-2-1-7-17-9-12;/h1-7,9-10H,8H2;1H4. The van der Waals surface area contributed by atoms with Gasteiger partial charge in [-0.15, -0.1) is 11.3 Å².